The average molecular weight is 310 g/mol. The number of imidazole rings is 1. The summed E-state index contributed by atoms with van der Waals surface area (Å²) in [5.74, 6) is 2.43. The van der Waals surface area contributed by atoms with Crippen LogP contribution in [0.3, 0.4) is 0 Å². The summed E-state index contributed by atoms with van der Waals surface area (Å²) in [5.41, 5.74) is 7.85. The fourth-order valence-corrected chi connectivity index (χ4v) is 2.32. The van der Waals surface area contributed by atoms with E-state index in [2.05, 4.69) is 27.8 Å². The molecule has 0 fully saturated rings. The van der Waals surface area contributed by atoms with E-state index in [4.69, 9.17) is 10.5 Å². The Morgan fingerprint density at radius 1 is 1.44 bits per heavy atom. The van der Waals surface area contributed by atoms with E-state index in [0.717, 1.165) is 33.7 Å². The van der Waals surface area contributed by atoms with Crippen LogP contribution in [0.1, 0.15) is 12.7 Å². The molecule has 0 aliphatic carbocycles. The zero-order valence-electron chi connectivity index (χ0n) is 10.7. The predicted molar refractivity (Wildman–Crippen MR) is 76.7 cm³/mol. The minimum absolute atomic E-state index is 0.667. The second-order valence-corrected chi connectivity index (χ2v) is 4.87. The molecule has 1 heterocycles. The molecule has 18 heavy (non-hydrogen) atoms. The SMILES string of the molecule is CCc1nc(-c2cc(OC)ccc2Br)c(N)n1C. The summed E-state index contributed by atoms with van der Waals surface area (Å²) in [6, 6.07) is 5.77. The van der Waals surface area contributed by atoms with E-state index in [1.165, 1.54) is 0 Å². The second-order valence-electron chi connectivity index (χ2n) is 4.02. The molecule has 0 radical (unpaired) electrons. The standard InChI is InChI=1S/C13H16BrN3O/c1-4-11-16-12(13(15)17(11)2)9-7-8(18-3)5-6-10(9)14/h5-7H,4,15H2,1-3H3. The van der Waals surface area contributed by atoms with Gasteiger partial charge in [0.2, 0.25) is 0 Å². The zero-order valence-corrected chi connectivity index (χ0v) is 12.3. The molecule has 0 bridgehead atoms. The third-order valence-corrected chi connectivity index (χ3v) is 3.67. The molecule has 0 saturated heterocycles. The van der Waals surface area contributed by atoms with Gasteiger partial charge in [0, 0.05) is 23.5 Å². The van der Waals surface area contributed by atoms with Crippen molar-refractivity contribution in [3.8, 4) is 17.0 Å². The van der Waals surface area contributed by atoms with E-state index in [0.29, 0.717) is 5.82 Å². The summed E-state index contributed by atoms with van der Waals surface area (Å²) < 4.78 is 8.11. The second kappa shape index (κ2) is 5.02. The van der Waals surface area contributed by atoms with Crippen molar-refractivity contribution in [3.05, 3.63) is 28.5 Å². The van der Waals surface area contributed by atoms with Crippen molar-refractivity contribution in [2.75, 3.05) is 12.8 Å². The Morgan fingerprint density at radius 2 is 2.17 bits per heavy atom. The monoisotopic (exact) mass is 309 g/mol. The van der Waals surface area contributed by atoms with Crippen LogP contribution in [-0.2, 0) is 13.5 Å². The average Bonchev–Trinajstić information content (AvgIpc) is 2.67. The molecule has 5 heteroatoms. The first kappa shape index (κ1) is 13.0. The van der Waals surface area contributed by atoms with Gasteiger partial charge in [-0.2, -0.15) is 0 Å². The minimum Gasteiger partial charge on any atom is -0.497 e. The molecule has 2 aromatic rings. The summed E-state index contributed by atoms with van der Waals surface area (Å²) in [6.45, 7) is 2.06. The molecule has 0 aliphatic heterocycles. The molecule has 4 nitrogen and oxygen atoms in total. The van der Waals surface area contributed by atoms with Crippen molar-refractivity contribution in [1.29, 1.82) is 0 Å². The van der Waals surface area contributed by atoms with Gasteiger partial charge in [-0.15, -0.1) is 0 Å². The highest BCUT2D eigenvalue weighted by Gasteiger charge is 2.15. The molecule has 0 aliphatic rings. The predicted octanol–water partition coefficient (Wildman–Crippen LogP) is 3.00. The number of anilines is 1. The number of hydrogen-bond donors (Lipinski definition) is 1. The van der Waals surface area contributed by atoms with E-state index in [9.17, 15) is 0 Å². The van der Waals surface area contributed by atoms with Crippen molar-refractivity contribution >= 4 is 21.7 Å². The van der Waals surface area contributed by atoms with Gasteiger partial charge in [0.15, 0.2) is 0 Å². The third kappa shape index (κ3) is 2.10. The Bertz CT molecular complexity index is 578. The van der Waals surface area contributed by atoms with Crippen LogP contribution in [0.2, 0.25) is 0 Å². The van der Waals surface area contributed by atoms with Gasteiger partial charge >= 0.3 is 0 Å². The Hall–Kier alpha value is -1.49. The first-order chi connectivity index (χ1) is 8.58. The van der Waals surface area contributed by atoms with Crippen molar-refractivity contribution in [2.24, 2.45) is 7.05 Å². The lowest BCUT2D eigenvalue weighted by atomic mass is 10.1. The zero-order chi connectivity index (χ0) is 13.3. The Balaban J connectivity index is 2.61. The van der Waals surface area contributed by atoms with E-state index in [-0.39, 0.29) is 0 Å². The number of benzene rings is 1. The van der Waals surface area contributed by atoms with Crippen LogP contribution in [0, 0.1) is 0 Å². The molecule has 0 saturated carbocycles. The number of nitrogens with zero attached hydrogens (tertiary/aromatic N) is 2. The number of aryl methyl sites for hydroxylation is 1. The highest BCUT2D eigenvalue weighted by molar-refractivity contribution is 9.10. The van der Waals surface area contributed by atoms with Gasteiger partial charge in [-0.25, -0.2) is 4.98 Å². The van der Waals surface area contributed by atoms with E-state index >= 15 is 0 Å². The number of nitrogen functional groups attached to an aromatic ring is 1. The smallest absolute Gasteiger partial charge is 0.131 e. The molecule has 96 valence electrons. The number of ether oxygens (including phenoxy) is 1. The highest BCUT2D eigenvalue weighted by Crippen LogP contribution is 2.34. The maximum absolute atomic E-state index is 6.11. The Morgan fingerprint density at radius 3 is 2.72 bits per heavy atom. The van der Waals surface area contributed by atoms with Crippen molar-refractivity contribution in [3.63, 3.8) is 0 Å². The molecule has 0 spiro atoms. The van der Waals surface area contributed by atoms with Crippen LogP contribution in [0.4, 0.5) is 5.82 Å². The first-order valence-electron chi connectivity index (χ1n) is 5.73. The quantitative estimate of drug-likeness (QED) is 0.948. The minimum atomic E-state index is 0.667. The molecular weight excluding hydrogens is 294 g/mol. The van der Waals surface area contributed by atoms with Crippen LogP contribution in [0.5, 0.6) is 5.75 Å². The molecular formula is C13H16BrN3O. The molecule has 0 atom stereocenters. The summed E-state index contributed by atoms with van der Waals surface area (Å²) >= 11 is 3.53. The van der Waals surface area contributed by atoms with Gasteiger partial charge in [-0.1, -0.05) is 22.9 Å². The normalized spacial score (nSPS) is 10.7. The van der Waals surface area contributed by atoms with Gasteiger partial charge < -0.3 is 15.0 Å². The molecule has 2 N–H and O–H groups in total. The van der Waals surface area contributed by atoms with Crippen LogP contribution in [0.15, 0.2) is 22.7 Å². The molecule has 2 rings (SSSR count). The Kier molecular flexibility index (Phi) is 3.61. The number of aromatic nitrogens is 2. The third-order valence-electron chi connectivity index (χ3n) is 2.98. The maximum Gasteiger partial charge on any atom is 0.131 e. The van der Waals surface area contributed by atoms with Crippen LogP contribution in [0.25, 0.3) is 11.3 Å². The maximum atomic E-state index is 6.11. The fraction of sp³-hybridized carbons (Fsp3) is 0.308. The van der Waals surface area contributed by atoms with Crippen LogP contribution < -0.4 is 10.5 Å². The fourth-order valence-electron chi connectivity index (χ4n) is 1.89. The van der Waals surface area contributed by atoms with Gasteiger partial charge in [0.25, 0.3) is 0 Å². The number of methoxy groups -OCH3 is 1. The van der Waals surface area contributed by atoms with Gasteiger partial charge in [-0.3, -0.25) is 0 Å². The first-order valence-corrected chi connectivity index (χ1v) is 6.52. The summed E-state index contributed by atoms with van der Waals surface area (Å²) in [7, 11) is 3.57. The molecule has 1 aromatic carbocycles. The molecule has 0 amide bonds. The van der Waals surface area contributed by atoms with E-state index in [1.807, 2.05) is 29.8 Å². The lowest BCUT2D eigenvalue weighted by molar-refractivity contribution is 0.415. The molecule has 1 aromatic heterocycles. The van der Waals surface area contributed by atoms with E-state index in [1.54, 1.807) is 7.11 Å². The van der Waals surface area contributed by atoms with Gasteiger partial charge in [-0.05, 0) is 18.2 Å². The number of rotatable bonds is 3. The van der Waals surface area contributed by atoms with Crippen molar-refractivity contribution in [1.82, 2.24) is 9.55 Å². The van der Waals surface area contributed by atoms with E-state index < -0.39 is 0 Å². The van der Waals surface area contributed by atoms with Gasteiger partial charge in [0.1, 0.15) is 23.1 Å². The van der Waals surface area contributed by atoms with Crippen molar-refractivity contribution in [2.45, 2.75) is 13.3 Å². The highest BCUT2D eigenvalue weighted by atomic mass is 79.9. The number of halogens is 1. The lowest BCUT2D eigenvalue weighted by Crippen LogP contribution is -2.00. The van der Waals surface area contributed by atoms with Gasteiger partial charge in [0.05, 0.1) is 7.11 Å². The Labute approximate surface area is 115 Å². The van der Waals surface area contributed by atoms with Crippen LogP contribution in [-0.4, -0.2) is 16.7 Å². The number of nitrogens with two attached hydrogens (primary N) is 1. The van der Waals surface area contributed by atoms with Crippen molar-refractivity contribution < 1.29 is 4.74 Å². The summed E-state index contributed by atoms with van der Waals surface area (Å²) in [5, 5.41) is 0. The lowest BCUT2D eigenvalue weighted by Gasteiger charge is -2.06. The summed E-state index contributed by atoms with van der Waals surface area (Å²) in [6.07, 6.45) is 0.849. The largest absolute Gasteiger partial charge is 0.497 e. The summed E-state index contributed by atoms with van der Waals surface area (Å²) in [4.78, 5) is 4.59. The molecule has 0 unspecified atom stereocenters. The topological polar surface area (TPSA) is 53.1 Å². The van der Waals surface area contributed by atoms with Crippen LogP contribution >= 0.6 is 15.9 Å². The number of hydrogen-bond acceptors (Lipinski definition) is 3.